The summed E-state index contributed by atoms with van der Waals surface area (Å²) in [5.41, 5.74) is 0.717. The Bertz CT molecular complexity index is 379. The lowest BCUT2D eigenvalue weighted by Gasteiger charge is -2.15. The third-order valence-corrected chi connectivity index (χ3v) is 3.67. The molecule has 0 saturated heterocycles. The number of benzene rings is 1. The topological polar surface area (TPSA) is 29.1 Å². The van der Waals surface area contributed by atoms with Crippen molar-refractivity contribution < 1.29 is 4.79 Å². The highest BCUT2D eigenvalue weighted by Crippen LogP contribution is 2.13. The lowest BCUT2D eigenvalue weighted by molar-refractivity contribution is 0.0946. The first-order chi connectivity index (χ1) is 8.67. The molecular formula is C15H22BrNO. The summed E-state index contributed by atoms with van der Waals surface area (Å²) in [6, 6.07) is 7.50. The number of hydrogen-bond acceptors (Lipinski definition) is 1. The van der Waals surface area contributed by atoms with Gasteiger partial charge < -0.3 is 5.32 Å². The van der Waals surface area contributed by atoms with Crippen molar-refractivity contribution in [2.45, 2.75) is 39.5 Å². The highest BCUT2D eigenvalue weighted by Gasteiger charge is 2.09. The lowest BCUT2D eigenvalue weighted by Crippen LogP contribution is -2.29. The number of carbonyl (C=O) groups excluding carboxylic acids is 1. The molecule has 1 amide bonds. The Morgan fingerprint density at radius 2 is 2.17 bits per heavy atom. The summed E-state index contributed by atoms with van der Waals surface area (Å²) in [6.45, 7) is 5.17. The second-order valence-corrected chi connectivity index (χ2v) is 5.55. The van der Waals surface area contributed by atoms with E-state index in [4.69, 9.17) is 0 Å². The van der Waals surface area contributed by atoms with Gasteiger partial charge in [0.1, 0.15) is 0 Å². The van der Waals surface area contributed by atoms with E-state index in [-0.39, 0.29) is 5.91 Å². The van der Waals surface area contributed by atoms with Gasteiger partial charge in [0, 0.05) is 16.6 Å². The van der Waals surface area contributed by atoms with Crippen molar-refractivity contribution >= 4 is 21.8 Å². The fourth-order valence-corrected chi connectivity index (χ4v) is 2.31. The van der Waals surface area contributed by atoms with Crippen LogP contribution in [0.15, 0.2) is 28.7 Å². The summed E-state index contributed by atoms with van der Waals surface area (Å²) in [5, 5.41) is 3.03. The third kappa shape index (κ3) is 5.21. The molecule has 1 aromatic rings. The normalized spacial score (nSPS) is 12.2. The molecule has 1 aromatic carbocycles. The molecule has 3 heteroatoms. The van der Waals surface area contributed by atoms with E-state index in [1.807, 2.05) is 24.3 Å². The third-order valence-electron chi connectivity index (χ3n) is 3.18. The molecule has 100 valence electrons. The van der Waals surface area contributed by atoms with Crippen molar-refractivity contribution in [1.29, 1.82) is 0 Å². The monoisotopic (exact) mass is 311 g/mol. The van der Waals surface area contributed by atoms with Crippen molar-refractivity contribution in [1.82, 2.24) is 5.32 Å². The van der Waals surface area contributed by atoms with Gasteiger partial charge in [0.25, 0.3) is 5.91 Å². The zero-order valence-corrected chi connectivity index (χ0v) is 12.8. The largest absolute Gasteiger partial charge is 0.352 e. The maximum atomic E-state index is 12.0. The summed E-state index contributed by atoms with van der Waals surface area (Å²) in [7, 11) is 0. The zero-order valence-electron chi connectivity index (χ0n) is 11.2. The van der Waals surface area contributed by atoms with E-state index >= 15 is 0 Å². The zero-order chi connectivity index (χ0) is 13.4. The van der Waals surface area contributed by atoms with Crippen molar-refractivity contribution in [3.8, 4) is 0 Å². The average Bonchev–Trinajstić information content (AvgIpc) is 2.38. The molecule has 1 rings (SSSR count). The molecular weight excluding hydrogens is 290 g/mol. The Hall–Kier alpha value is -0.830. The highest BCUT2D eigenvalue weighted by atomic mass is 79.9. The van der Waals surface area contributed by atoms with E-state index in [0.29, 0.717) is 5.92 Å². The molecule has 0 aliphatic carbocycles. The van der Waals surface area contributed by atoms with Gasteiger partial charge in [0.15, 0.2) is 0 Å². The highest BCUT2D eigenvalue weighted by molar-refractivity contribution is 9.10. The van der Waals surface area contributed by atoms with Crippen LogP contribution in [-0.4, -0.2) is 12.5 Å². The molecule has 0 bridgehead atoms. The summed E-state index contributed by atoms with van der Waals surface area (Å²) < 4.78 is 0.938. The van der Waals surface area contributed by atoms with Gasteiger partial charge in [-0.05, 0) is 30.5 Å². The number of amides is 1. The van der Waals surface area contributed by atoms with E-state index in [1.165, 1.54) is 19.3 Å². The van der Waals surface area contributed by atoms with Crippen LogP contribution in [0.2, 0.25) is 0 Å². The van der Waals surface area contributed by atoms with Crippen molar-refractivity contribution in [2.75, 3.05) is 6.54 Å². The van der Waals surface area contributed by atoms with Crippen molar-refractivity contribution in [2.24, 2.45) is 5.92 Å². The summed E-state index contributed by atoms with van der Waals surface area (Å²) in [6.07, 6.45) is 4.78. The Labute approximate surface area is 118 Å². The quantitative estimate of drug-likeness (QED) is 0.794. The first-order valence-corrected chi connectivity index (χ1v) is 7.50. The molecule has 0 heterocycles. The molecule has 0 aromatic heterocycles. The minimum Gasteiger partial charge on any atom is -0.352 e. The Balaban J connectivity index is 2.44. The van der Waals surface area contributed by atoms with Gasteiger partial charge in [-0.15, -0.1) is 0 Å². The number of carbonyl (C=O) groups is 1. The number of halogens is 1. The average molecular weight is 312 g/mol. The number of rotatable bonds is 7. The van der Waals surface area contributed by atoms with Gasteiger partial charge in [-0.25, -0.2) is 0 Å². The van der Waals surface area contributed by atoms with Crippen LogP contribution in [0, 0.1) is 5.92 Å². The molecule has 18 heavy (non-hydrogen) atoms. The van der Waals surface area contributed by atoms with Gasteiger partial charge in [-0.2, -0.15) is 0 Å². The molecule has 0 aliphatic rings. The molecule has 2 nitrogen and oxygen atoms in total. The minimum atomic E-state index is 0.0197. The van der Waals surface area contributed by atoms with Crippen LogP contribution in [-0.2, 0) is 0 Å². The molecule has 1 N–H and O–H groups in total. The van der Waals surface area contributed by atoms with Crippen LogP contribution in [0.3, 0.4) is 0 Å². The molecule has 0 saturated carbocycles. The number of nitrogens with one attached hydrogen (secondary N) is 1. The van der Waals surface area contributed by atoms with Crippen LogP contribution < -0.4 is 5.32 Å². The molecule has 0 unspecified atom stereocenters. The number of unbranched alkanes of at least 4 members (excludes halogenated alkanes) is 1. The molecule has 0 aliphatic heterocycles. The van der Waals surface area contributed by atoms with E-state index in [1.54, 1.807) is 0 Å². The molecule has 1 atom stereocenters. The van der Waals surface area contributed by atoms with E-state index < -0.39 is 0 Å². The standard InChI is InChI=1S/C15H22BrNO/c1-3-5-7-12(4-2)11-17-15(18)13-8-6-9-14(16)10-13/h6,8-10,12H,3-5,7,11H2,1-2H3,(H,17,18)/t12-/m0/s1. The maximum Gasteiger partial charge on any atom is 0.251 e. The van der Waals surface area contributed by atoms with Crippen molar-refractivity contribution in [3.05, 3.63) is 34.3 Å². The second-order valence-electron chi connectivity index (χ2n) is 4.64. The summed E-state index contributed by atoms with van der Waals surface area (Å²) >= 11 is 3.38. The van der Waals surface area contributed by atoms with Crippen LogP contribution >= 0.6 is 15.9 Å². The Kier molecular flexibility index (Phi) is 7.02. The van der Waals surface area contributed by atoms with Crippen LogP contribution in [0.5, 0.6) is 0 Å². The smallest absolute Gasteiger partial charge is 0.251 e. The maximum absolute atomic E-state index is 12.0. The Morgan fingerprint density at radius 1 is 1.39 bits per heavy atom. The second kappa shape index (κ2) is 8.30. The van der Waals surface area contributed by atoms with Crippen LogP contribution in [0.1, 0.15) is 49.9 Å². The van der Waals surface area contributed by atoms with Gasteiger partial charge in [-0.1, -0.05) is 55.1 Å². The first kappa shape index (κ1) is 15.2. The minimum absolute atomic E-state index is 0.0197. The van der Waals surface area contributed by atoms with Gasteiger partial charge >= 0.3 is 0 Å². The SMILES string of the molecule is CCCC[C@H](CC)CNC(=O)c1cccc(Br)c1. The predicted molar refractivity (Wildman–Crippen MR) is 79.8 cm³/mol. The van der Waals surface area contributed by atoms with Crippen LogP contribution in [0.25, 0.3) is 0 Å². The van der Waals surface area contributed by atoms with Gasteiger partial charge in [0.2, 0.25) is 0 Å². The predicted octanol–water partition coefficient (Wildman–Crippen LogP) is 4.40. The molecule has 0 fully saturated rings. The molecule has 0 spiro atoms. The lowest BCUT2D eigenvalue weighted by atomic mass is 9.99. The fourth-order valence-electron chi connectivity index (χ4n) is 1.91. The van der Waals surface area contributed by atoms with Gasteiger partial charge in [-0.3, -0.25) is 4.79 Å². The van der Waals surface area contributed by atoms with E-state index in [0.717, 1.165) is 23.0 Å². The van der Waals surface area contributed by atoms with E-state index in [9.17, 15) is 4.79 Å². The Morgan fingerprint density at radius 3 is 2.78 bits per heavy atom. The first-order valence-electron chi connectivity index (χ1n) is 6.71. The van der Waals surface area contributed by atoms with Crippen LogP contribution in [0.4, 0.5) is 0 Å². The summed E-state index contributed by atoms with van der Waals surface area (Å²) in [5.74, 6) is 0.618. The van der Waals surface area contributed by atoms with E-state index in [2.05, 4.69) is 35.1 Å². The number of hydrogen-bond donors (Lipinski definition) is 1. The van der Waals surface area contributed by atoms with Crippen molar-refractivity contribution in [3.63, 3.8) is 0 Å². The fraction of sp³-hybridized carbons (Fsp3) is 0.533. The van der Waals surface area contributed by atoms with Gasteiger partial charge in [0.05, 0.1) is 0 Å². The molecule has 0 radical (unpaired) electrons. The summed E-state index contributed by atoms with van der Waals surface area (Å²) in [4.78, 5) is 12.0.